The van der Waals surface area contributed by atoms with Crippen LogP contribution in [0.25, 0.3) is 0 Å². The largest absolute Gasteiger partial charge is 0.256 e. The summed E-state index contributed by atoms with van der Waals surface area (Å²) in [5, 5.41) is 8.63. The SMILES string of the molecule is C/C=C/CCc1ccc(C=Nc2cc(F)c(C#N)c(F)c2)cc1. The molecule has 0 aliphatic heterocycles. The van der Waals surface area contributed by atoms with Crippen LogP contribution in [0.1, 0.15) is 30.0 Å². The zero-order chi connectivity index (χ0) is 16.7. The summed E-state index contributed by atoms with van der Waals surface area (Å²) in [5.41, 5.74) is 1.60. The number of hydrogen-bond donors (Lipinski definition) is 0. The third kappa shape index (κ3) is 4.58. The van der Waals surface area contributed by atoms with Gasteiger partial charge in [0, 0.05) is 18.3 Å². The van der Waals surface area contributed by atoms with Gasteiger partial charge >= 0.3 is 0 Å². The van der Waals surface area contributed by atoms with Crippen molar-refractivity contribution in [2.45, 2.75) is 19.8 Å². The Bertz CT molecular complexity index is 746. The first-order valence-electron chi connectivity index (χ1n) is 7.27. The quantitative estimate of drug-likeness (QED) is 0.559. The number of nitriles is 1. The molecule has 0 amide bonds. The summed E-state index contributed by atoms with van der Waals surface area (Å²) >= 11 is 0. The highest BCUT2D eigenvalue weighted by molar-refractivity contribution is 5.82. The van der Waals surface area contributed by atoms with Crippen molar-refractivity contribution in [1.82, 2.24) is 0 Å². The van der Waals surface area contributed by atoms with E-state index in [2.05, 4.69) is 11.1 Å². The Morgan fingerprint density at radius 2 is 1.78 bits per heavy atom. The first kappa shape index (κ1) is 16.6. The van der Waals surface area contributed by atoms with E-state index < -0.39 is 17.2 Å². The average molecular weight is 310 g/mol. The molecule has 0 heterocycles. The highest BCUT2D eigenvalue weighted by atomic mass is 19.1. The lowest BCUT2D eigenvalue weighted by atomic mass is 10.1. The minimum atomic E-state index is -0.904. The zero-order valence-electron chi connectivity index (χ0n) is 12.8. The van der Waals surface area contributed by atoms with Crippen LogP contribution in [-0.4, -0.2) is 6.21 Å². The number of nitrogens with zero attached hydrogens (tertiary/aromatic N) is 2. The molecule has 2 rings (SSSR count). The van der Waals surface area contributed by atoms with Crippen LogP contribution in [0, 0.1) is 23.0 Å². The van der Waals surface area contributed by atoms with Crippen molar-refractivity contribution in [3.05, 3.63) is 76.9 Å². The lowest BCUT2D eigenvalue weighted by Crippen LogP contribution is -1.90. The maximum atomic E-state index is 13.5. The average Bonchev–Trinajstić information content (AvgIpc) is 2.54. The molecule has 0 atom stereocenters. The van der Waals surface area contributed by atoms with E-state index in [-0.39, 0.29) is 5.69 Å². The van der Waals surface area contributed by atoms with Gasteiger partial charge in [-0.25, -0.2) is 8.78 Å². The van der Waals surface area contributed by atoms with Crippen LogP contribution < -0.4 is 0 Å². The maximum absolute atomic E-state index is 13.5. The second kappa shape index (κ2) is 8.00. The Morgan fingerprint density at radius 3 is 2.35 bits per heavy atom. The molecular formula is C19H16F2N2. The molecule has 0 fully saturated rings. The fourth-order valence-corrected chi connectivity index (χ4v) is 2.08. The fourth-order valence-electron chi connectivity index (χ4n) is 2.08. The molecule has 0 saturated carbocycles. The molecule has 0 aliphatic carbocycles. The summed E-state index contributed by atoms with van der Waals surface area (Å²) in [7, 11) is 0. The Morgan fingerprint density at radius 1 is 1.13 bits per heavy atom. The molecule has 0 aliphatic rings. The molecule has 23 heavy (non-hydrogen) atoms. The second-order valence-corrected chi connectivity index (χ2v) is 5.00. The Balaban J connectivity index is 2.10. The van der Waals surface area contributed by atoms with Gasteiger partial charge in [0.2, 0.25) is 0 Å². The topological polar surface area (TPSA) is 36.1 Å². The Hall–Kier alpha value is -2.80. The van der Waals surface area contributed by atoms with Crippen molar-refractivity contribution in [3.63, 3.8) is 0 Å². The lowest BCUT2D eigenvalue weighted by molar-refractivity contribution is 0.577. The number of rotatable bonds is 5. The van der Waals surface area contributed by atoms with Gasteiger partial charge in [0.15, 0.2) is 0 Å². The van der Waals surface area contributed by atoms with Gasteiger partial charge in [-0.2, -0.15) is 5.26 Å². The molecule has 0 bridgehead atoms. The van der Waals surface area contributed by atoms with Crippen LogP contribution in [0.3, 0.4) is 0 Å². The molecule has 4 heteroatoms. The molecule has 0 spiro atoms. The summed E-state index contributed by atoms with van der Waals surface area (Å²) in [6.07, 6.45) is 7.64. The van der Waals surface area contributed by atoms with Gasteiger partial charge in [-0.15, -0.1) is 0 Å². The monoisotopic (exact) mass is 310 g/mol. The molecule has 116 valence electrons. The predicted octanol–water partition coefficient (Wildman–Crippen LogP) is 5.10. The standard InChI is InChI=1S/C19H16F2N2/c1-2-3-4-5-14-6-8-15(9-7-14)13-23-16-10-18(20)17(12-22)19(21)11-16/h2-3,6-11,13H,4-5H2,1H3/b3-2+,23-13?. The van der Waals surface area contributed by atoms with Crippen LogP contribution in [0.2, 0.25) is 0 Å². The van der Waals surface area contributed by atoms with Crippen molar-refractivity contribution in [1.29, 1.82) is 5.26 Å². The van der Waals surface area contributed by atoms with E-state index in [1.807, 2.05) is 37.3 Å². The van der Waals surface area contributed by atoms with Crippen LogP contribution in [0.4, 0.5) is 14.5 Å². The number of aryl methyl sites for hydroxylation is 1. The zero-order valence-corrected chi connectivity index (χ0v) is 12.8. The third-order valence-corrected chi connectivity index (χ3v) is 3.32. The first-order valence-corrected chi connectivity index (χ1v) is 7.27. The maximum Gasteiger partial charge on any atom is 0.146 e. The van der Waals surface area contributed by atoms with Crippen molar-refractivity contribution in [2.75, 3.05) is 0 Å². The van der Waals surface area contributed by atoms with Crippen molar-refractivity contribution < 1.29 is 8.78 Å². The molecule has 0 saturated heterocycles. The van der Waals surface area contributed by atoms with Crippen LogP contribution >= 0.6 is 0 Å². The Kier molecular flexibility index (Phi) is 5.76. The van der Waals surface area contributed by atoms with Crippen LogP contribution in [0.5, 0.6) is 0 Å². The summed E-state index contributed by atoms with van der Waals surface area (Å²) in [5.74, 6) is -1.81. The van der Waals surface area contributed by atoms with E-state index >= 15 is 0 Å². The van der Waals surface area contributed by atoms with E-state index in [1.165, 1.54) is 17.8 Å². The van der Waals surface area contributed by atoms with E-state index in [1.54, 1.807) is 0 Å². The third-order valence-electron chi connectivity index (χ3n) is 3.32. The lowest BCUT2D eigenvalue weighted by Gasteiger charge is -2.00. The minimum Gasteiger partial charge on any atom is -0.256 e. The molecule has 0 unspecified atom stereocenters. The van der Waals surface area contributed by atoms with E-state index in [0.717, 1.165) is 30.5 Å². The fraction of sp³-hybridized carbons (Fsp3) is 0.158. The molecule has 0 radical (unpaired) electrons. The van der Waals surface area contributed by atoms with Crippen molar-refractivity contribution >= 4 is 11.9 Å². The summed E-state index contributed by atoms with van der Waals surface area (Å²) in [6, 6.07) is 11.4. The van der Waals surface area contributed by atoms with Gasteiger partial charge in [0.05, 0.1) is 5.69 Å². The van der Waals surface area contributed by atoms with Gasteiger partial charge in [0.1, 0.15) is 23.3 Å². The van der Waals surface area contributed by atoms with E-state index in [4.69, 9.17) is 5.26 Å². The second-order valence-electron chi connectivity index (χ2n) is 5.00. The normalized spacial score (nSPS) is 11.2. The van der Waals surface area contributed by atoms with Crippen LogP contribution in [0.15, 0.2) is 53.5 Å². The van der Waals surface area contributed by atoms with Gasteiger partial charge < -0.3 is 0 Å². The molecule has 2 aromatic rings. The summed E-state index contributed by atoms with van der Waals surface area (Å²) in [4.78, 5) is 4.05. The van der Waals surface area contributed by atoms with Gasteiger partial charge in [0.25, 0.3) is 0 Å². The first-order chi connectivity index (χ1) is 11.1. The molecule has 2 nitrogen and oxygen atoms in total. The number of allylic oxidation sites excluding steroid dienone is 2. The molecule has 0 aromatic heterocycles. The molecular weight excluding hydrogens is 294 g/mol. The highest BCUT2D eigenvalue weighted by Gasteiger charge is 2.09. The molecule has 2 aromatic carbocycles. The van der Waals surface area contributed by atoms with Gasteiger partial charge in [-0.05, 0) is 30.9 Å². The van der Waals surface area contributed by atoms with E-state index in [0.29, 0.717) is 0 Å². The smallest absolute Gasteiger partial charge is 0.146 e. The van der Waals surface area contributed by atoms with Gasteiger partial charge in [-0.3, -0.25) is 4.99 Å². The number of aliphatic imine (C=N–C) groups is 1. The predicted molar refractivity (Wildman–Crippen MR) is 87.9 cm³/mol. The summed E-state index contributed by atoms with van der Waals surface area (Å²) in [6.45, 7) is 1.99. The highest BCUT2D eigenvalue weighted by Crippen LogP contribution is 2.20. The van der Waals surface area contributed by atoms with Crippen molar-refractivity contribution in [2.24, 2.45) is 4.99 Å². The number of hydrogen-bond acceptors (Lipinski definition) is 2. The van der Waals surface area contributed by atoms with Crippen LogP contribution in [-0.2, 0) is 6.42 Å². The van der Waals surface area contributed by atoms with E-state index in [9.17, 15) is 8.78 Å². The number of benzene rings is 2. The van der Waals surface area contributed by atoms with Gasteiger partial charge in [-0.1, -0.05) is 36.4 Å². The minimum absolute atomic E-state index is 0.135. The number of halogens is 2. The summed E-state index contributed by atoms with van der Waals surface area (Å²) < 4.78 is 27.0. The van der Waals surface area contributed by atoms with Crippen molar-refractivity contribution in [3.8, 4) is 6.07 Å². The molecule has 0 N–H and O–H groups in total. The Labute approximate surface area is 134 Å².